The molecule has 1 aliphatic rings. The number of aliphatic imine (C=N–C) groups is 1. The van der Waals surface area contributed by atoms with Gasteiger partial charge >= 0.3 is 0 Å². The van der Waals surface area contributed by atoms with E-state index in [4.69, 9.17) is 20.5 Å². The Hall–Kier alpha value is -3.46. The van der Waals surface area contributed by atoms with Gasteiger partial charge in [0.15, 0.2) is 0 Å². The lowest BCUT2D eigenvalue weighted by molar-refractivity contribution is 0.428. The number of fused-ring (bicyclic) bond motifs is 1. The number of aromatic nitrogens is 1. The van der Waals surface area contributed by atoms with Crippen LogP contribution in [0.4, 0.5) is 17.3 Å². The molecule has 4 rings (SSSR count). The van der Waals surface area contributed by atoms with Gasteiger partial charge in [-0.15, -0.1) is 0 Å². The fourth-order valence-corrected chi connectivity index (χ4v) is 4.09. The minimum absolute atomic E-state index is 0.0381. The Bertz CT molecular complexity index is 1360. The van der Waals surface area contributed by atoms with Crippen molar-refractivity contribution in [1.29, 1.82) is 0 Å². The first kappa shape index (κ1) is 20.8. The van der Waals surface area contributed by atoms with Gasteiger partial charge in [0.25, 0.3) is 5.88 Å². The molecule has 0 amide bonds. The van der Waals surface area contributed by atoms with E-state index in [0.29, 0.717) is 16.9 Å². The van der Waals surface area contributed by atoms with E-state index < -0.39 is 26.2 Å². The van der Waals surface area contributed by atoms with Crippen LogP contribution in [0.25, 0.3) is 0 Å². The van der Waals surface area contributed by atoms with E-state index in [2.05, 4.69) is 15.5 Å². The normalized spacial score (nSPS) is 16.5. The largest absolute Gasteiger partial charge is 0.369 e. The molecule has 0 fully saturated rings. The van der Waals surface area contributed by atoms with E-state index in [1.54, 1.807) is 4.90 Å². The van der Waals surface area contributed by atoms with Crippen LogP contribution in [0.2, 0.25) is 0 Å². The molecular formula is C17H17N7O5S2. The average molecular weight is 464 g/mol. The molecule has 0 radical (unpaired) electrons. The van der Waals surface area contributed by atoms with Gasteiger partial charge in [-0.2, -0.15) is 4.99 Å². The summed E-state index contributed by atoms with van der Waals surface area (Å²) in [4.78, 5) is 5.69. The van der Waals surface area contributed by atoms with Gasteiger partial charge < -0.3 is 15.6 Å². The van der Waals surface area contributed by atoms with Gasteiger partial charge in [0.2, 0.25) is 26.0 Å². The maximum Gasteiger partial charge on any atom is 0.260 e. The summed E-state index contributed by atoms with van der Waals surface area (Å²) in [6, 6.07) is 11.5. The third kappa shape index (κ3) is 4.09. The molecule has 1 aliphatic heterocycles. The van der Waals surface area contributed by atoms with Crippen LogP contribution in [0.5, 0.6) is 0 Å². The molecule has 7 N–H and O–H groups in total. The van der Waals surface area contributed by atoms with Crippen LogP contribution >= 0.6 is 0 Å². The van der Waals surface area contributed by atoms with Crippen molar-refractivity contribution in [3.8, 4) is 0 Å². The van der Waals surface area contributed by atoms with Crippen LogP contribution in [-0.4, -0.2) is 28.0 Å². The zero-order valence-electron chi connectivity index (χ0n) is 15.7. The van der Waals surface area contributed by atoms with Crippen LogP contribution in [0.15, 0.2) is 74.0 Å². The van der Waals surface area contributed by atoms with Crippen molar-refractivity contribution in [2.24, 2.45) is 21.0 Å². The van der Waals surface area contributed by atoms with Crippen molar-refractivity contribution in [1.82, 2.24) is 5.16 Å². The Morgan fingerprint density at radius 1 is 0.903 bits per heavy atom. The molecule has 0 saturated heterocycles. The molecule has 1 atom stereocenters. The molecule has 31 heavy (non-hydrogen) atoms. The molecule has 2 heterocycles. The highest BCUT2D eigenvalue weighted by Crippen LogP contribution is 2.37. The number of benzene rings is 2. The molecule has 2 aromatic carbocycles. The SMILES string of the molecule is NC1=Nc2oncc2C(Nc2ccc(S(N)(=O)=O)cc2)N1c1ccc(S(N)(=O)=O)cc1. The van der Waals surface area contributed by atoms with Gasteiger partial charge in [0.05, 0.1) is 21.6 Å². The second kappa shape index (κ2) is 7.35. The molecular weight excluding hydrogens is 446 g/mol. The van der Waals surface area contributed by atoms with Crippen molar-refractivity contribution in [3.63, 3.8) is 0 Å². The number of guanidine groups is 1. The first-order valence-corrected chi connectivity index (χ1v) is 11.7. The molecule has 0 bridgehead atoms. The Morgan fingerprint density at radius 2 is 1.45 bits per heavy atom. The van der Waals surface area contributed by atoms with Gasteiger partial charge in [-0.25, -0.2) is 27.1 Å². The number of nitrogens with one attached hydrogen (secondary N) is 1. The summed E-state index contributed by atoms with van der Waals surface area (Å²) in [5, 5.41) is 17.3. The second-order valence-electron chi connectivity index (χ2n) is 6.58. The number of rotatable bonds is 5. The number of hydrogen-bond donors (Lipinski definition) is 4. The smallest absolute Gasteiger partial charge is 0.260 e. The number of hydrogen-bond acceptors (Lipinski definition) is 10. The highest BCUT2D eigenvalue weighted by atomic mass is 32.2. The molecule has 3 aromatic rings. The standard InChI is InChI=1S/C17H17N7O5S2/c18-17-23-16-14(9-21-29-16)15(22-10-1-5-12(6-2-10)30(19,25)26)24(17)11-3-7-13(8-4-11)31(20,27)28/h1-9,15,22H,(H2,18,23)(H2,19,25,26)(H2,20,27,28). The lowest BCUT2D eigenvalue weighted by atomic mass is 10.1. The van der Waals surface area contributed by atoms with E-state index >= 15 is 0 Å². The molecule has 12 nitrogen and oxygen atoms in total. The molecule has 1 unspecified atom stereocenters. The minimum atomic E-state index is -3.86. The summed E-state index contributed by atoms with van der Waals surface area (Å²) < 4.78 is 51.2. The highest BCUT2D eigenvalue weighted by molar-refractivity contribution is 7.89. The molecule has 14 heteroatoms. The lowest BCUT2D eigenvalue weighted by Crippen LogP contribution is -2.45. The molecule has 1 aromatic heterocycles. The number of anilines is 2. The van der Waals surface area contributed by atoms with Gasteiger partial charge in [-0.3, -0.25) is 4.90 Å². The average Bonchev–Trinajstić information content (AvgIpc) is 3.15. The highest BCUT2D eigenvalue weighted by Gasteiger charge is 2.33. The summed E-state index contributed by atoms with van der Waals surface area (Å²) in [6.07, 6.45) is 0.812. The molecule has 0 aliphatic carbocycles. The molecule has 0 saturated carbocycles. The Balaban J connectivity index is 1.73. The van der Waals surface area contributed by atoms with Gasteiger partial charge in [-0.1, -0.05) is 5.16 Å². The first-order valence-electron chi connectivity index (χ1n) is 8.64. The summed E-state index contributed by atoms with van der Waals surface area (Å²) in [6.45, 7) is 0. The number of nitrogens with zero attached hydrogens (tertiary/aromatic N) is 3. The maximum absolute atomic E-state index is 11.5. The van der Waals surface area contributed by atoms with Gasteiger partial charge in [0.1, 0.15) is 6.17 Å². The summed E-state index contributed by atoms with van der Waals surface area (Å²) in [7, 11) is -7.69. The van der Waals surface area contributed by atoms with Gasteiger partial charge in [-0.05, 0) is 48.5 Å². The first-order chi connectivity index (χ1) is 14.5. The van der Waals surface area contributed by atoms with Crippen LogP contribution in [-0.2, 0) is 20.0 Å². The van der Waals surface area contributed by atoms with E-state index in [1.807, 2.05) is 0 Å². The van der Waals surface area contributed by atoms with E-state index in [0.717, 1.165) is 0 Å². The third-order valence-corrected chi connectivity index (χ3v) is 6.38. The summed E-state index contributed by atoms with van der Waals surface area (Å²) >= 11 is 0. The lowest BCUT2D eigenvalue weighted by Gasteiger charge is -2.35. The molecule has 162 valence electrons. The number of primary sulfonamides is 2. The van der Waals surface area contributed by atoms with E-state index in [1.165, 1.54) is 54.7 Å². The summed E-state index contributed by atoms with van der Waals surface area (Å²) in [5.41, 5.74) is 7.76. The Morgan fingerprint density at radius 3 is 2.00 bits per heavy atom. The van der Waals surface area contributed by atoms with Crippen LogP contribution in [0.1, 0.15) is 11.7 Å². The zero-order valence-corrected chi connectivity index (χ0v) is 17.3. The zero-order chi connectivity index (χ0) is 22.4. The number of nitrogens with two attached hydrogens (primary N) is 3. The predicted molar refractivity (Wildman–Crippen MR) is 112 cm³/mol. The quantitative estimate of drug-likeness (QED) is 0.417. The molecule has 0 spiro atoms. The fraction of sp³-hybridized carbons (Fsp3) is 0.0588. The van der Waals surface area contributed by atoms with Crippen LogP contribution in [0.3, 0.4) is 0 Å². The van der Waals surface area contributed by atoms with E-state index in [9.17, 15) is 16.8 Å². The van der Waals surface area contributed by atoms with Crippen molar-refractivity contribution in [3.05, 3.63) is 60.3 Å². The maximum atomic E-state index is 11.5. The predicted octanol–water partition coefficient (Wildman–Crippen LogP) is 0.547. The fourth-order valence-electron chi connectivity index (χ4n) is 3.06. The minimum Gasteiger partial charge on any atom is -0.369 e. The second-order valence-corrected chi connectivity index (χ2v) is 9.70. The van der Waals surface area contributed by atoms with E-state index in [-0.39, 0.29) is 21.6 Å². The monoisotopic (exact) mass is 463 g/mol. The summed E-state index contributed by atoms with van der Waals surface area (Å²) in [5.74, 6) is 0.264. The van der Waals surface area contributed by atoms with Crippen LogP contribution < -0.4 is 26.2 Å². The van der Waals surface area contributed by atoms with Gasteiger partial charge in [0, 0.05) is 11.4 Å². The van der Waals surface area contributed by atoms with Crippen molar-refractivity contribution >= 4 is 43.3 Å². The Labute approximate surface area is 177 Å². The topological polar surface area (TPSA) is 200 Å². The van der Waals surface area contributed by atoms with Crippen molar-refractivity contribution in [2.45, 2.75) is 16.0 Å². The van der Waals surface area contributed by atoms with Crippen LogP contribution in [0, 0.1) is 0 Å². The third-order valence-electron chi connectivity index (χ3n) is 4.52. The van der Waals surface area contributed by atoms with Crippen molar-refractivity contribution < 1.29 is 21.4 Å². The number of sulfonamides is 2. The van der Waals surface area contributed by atoms with Crippen molar-refractivity contribution in [2.75, 3.05) is 10.2 Å². The Kier molecular flexibility index (Phi) is 4.93.